The van der Waals surface area contributed by atoms with Crippen molar-refractivity contribution in [2.75, 3.05) is 27.4 Å². The Labute approximate surface area is 148 Å². The molecule has 5 nitrogen and oxygen atoms in total. The third kappa shape index (κ3) is 4.50. The monoisotopic (exact) mass is 353 g/mol. The second-order valence-corrected chi connectivity index (χ2v) is 6.99. The number of piperidine rings is 1. The fourth-order valence-corrected chi connectivity index (χ4v) is 3.68. The van der Waals surface area contributed by atoms with E-state index in [9.17, 15) is 14.3 Å². The number of hydrogen-bond donors (Lipinski definition) is 2. The number of methoxy groups -OCH3 is 2. The summed E-state index contributed by atoms with van der Waals surface area (Å²) in [6.07, 6.45) is 1.38. The first-order valence-corrected chi connectivity index (χ1v) is 8.71. The van der Waals surface area contributed by atoms with Crippen molar-refractivity contribution in [3.63, 3.8) is 0 Å². The lowest BCUT2D eigenvalue weighted by atomic mass is 9.77. The Hall–Kier alpha value is -1.66. The molecule has 3 unspecified atom stereocenters. The molecule has 2 N–H and O–H groups in total. The fraction of sp³-hybridized carbons (Fsp3) is 0.632. The standard InChI is InChI=1S/C19H28FNO4/c1-11(2)13-8-15(18(25-4)16(20)9-13)17(19(22)23)12-5-6-21-14(7-12)10-24-3/h8-9,11-12,14,17,21H,5-7,10H2,1-4H3,(H,22,23). The van der Waals surface area contributed by atoms with Crippen molar-refractivity contribution in [1.29, 1.82) is 0 Å². The molecule has 0 bridgehead atoms. The quantitative estimate of drug-likeness (QED) is 0.788. The molecule has 0 amide bonds. The smallest absolute Gasteiger partial charge is 0.311 e. The van der Waals surface area contributed by atoms with Gasteiger partial charge < -0.3 is 19.9 Å². The van der Waals surface area contributed by atoms with E-state index in [1.165, 1.54) is 13.2 Å². The number of aliphatic carboxylic acids is 1. The summed E-state index contributed by atoms with van der Waals surface area (Å²) in [6, 6.07) is 3.33. The van der Waals surface area contributed by atoms with E-state index in [1.807, 2.05) is 13.8 Å². The zero-order valence-electron chi connectivity index (χ0n) is 15.3. The summed E-state index contributed by atoms with van der Waals surface area (Å²) in [5, 5.41) is 13.2. The highest BCUT2D eigenvalue weighted by Crippen LogP contribution is 2.40. The maximum absolute atomic E-state index is 14.5. The molecule has 25 heavy (non-hydrogen) atoms. The highest BCUT2D eigenvalue weighted by molar-refractivity contribution is 5.78. The van der Waals surface area contributed by atoms with Gasteiger partial charge in [0.25, 0.3) is 0 Å². The number of halogens is 1. The van der Waals surface area contributed by atoms with Gasteiger partial charge in [-0.2, -0.15) is 0 Å². The summed E-state index contributed by atoms with van der Waals surface area (Å²) in [6.45, 7) is 5.16. The number of carboxylic acids is 1. The molecule has 0 aromatic heterocycles. The number of ether oxygens (including phenoxy) is 2. The predicted octanol–water partition coefficient (Wildman–Crippen LogP) is 3.14. The molecule has 1 aliphatic rings. The minimum absolute atomic E-state index is 0.0404. The molecule has 1 aromatic rings. The van der Waals surface area contributed by atoms with Gasteiger partial charge in [-0.05, 0) is 42.9 Å². The number of hydrogen-bond acceptors (Lipinski definition) is 4. The van der Waals surface area contributed by atoms with Gasteiger partial charge in [0.05, 0.1) is 19.6 Å². The van der Waals surface area contributed by atoms with Crippen LogP contribution in [0.5, 0.6) is 5.75 Å². The molecular formula is C19H28FNO4. The fourth-order valence-electron chi connectivity index (χ4n) is 3.68. The van der Waals surface area contributed by atoms with Crippen molar-refractivity contribution in [3.05, 3.63) is 29.1 Å². The normalized spacial score (nSPS) is 22.0. The van der Waals surface area contributed by atoms with E-state index in [-0.39, 0.29) is 23.6 Å². The van der Waals surface area contributed by atoms with E-state index in [1.54, 1.807) is 13.2 Å². The van der Waals surface area contributed by atoms with Crippen LogP contribution in [0, 0.1) is 11.7 Å². The molecule has 1 aliphatic heterocycles. The van der Waals surface area contributed by atoms with Gasteiger partial charge in [-0.3, -0.25) is 4.79 Å². The Bertz CT molecular complexity index is 603. The average molecular weight is 353 g/mol. The van der Waals surface area contributed by atoms with E-state index < -0.39 is 17.7 Å². The van der Waals surface area contributed by atoms with Crippen LogP contribution in [0.1, 0.15) is 49.7 Å². The zero-order valence-corrected chi connectivity index (χ0v) is 15.3. The molecule has 1 saturated heterocycles. The van der Waals surface area contributed by atoms with Gasteiger partial charge in [0, 0.05) is 18.7 Å². The maximum Gasteiger partial charge on any atom is 0.311 e. The van der Waals surface area contributed by atoms with Crippen LogP contribution in [0.25, 0.3) is 0 Å². The van der Waals surface area contributed by atoms with Crippen LogP contribution in [0.4, 0.5) is 4.39 Å². The summed E-state index contributed by atoms with van der Waals surface area (Å²) < 4.78 is 24.9. The lowest BCUT2D eigenvalue weighted by Gasteiger charge is -2.34. The highest BCUT2D eigenvalue weighted by Gasteiger charge is 2.36. The van der Waals surface area contributed by atoms with Crippen LogP contribution in [-0.4, -0.2) is 44.5 Å². The minimum Gasteiger partial charge on any atom is -0.493 e. The third-order valence-electron chi connectivity index (χ3n) is 4.94. The van der Waals surface area contributed by atoms with Crippen LogP contribution in [-0.2, 0) is 9.53 Å². The average Bonchev–Trinajstić information content (AvgIpc) is 2.55. The van der Waals surface area contributed by atoms with E-state index in [0.717, 1.165) is 12.1 Å². The molecule has 0 spiro atoms. The van der Waals surface area contributed by atoms with E-state index in [2.05, 4.69) is 5.32 Å². The van der Waals surface area contributed by atoms with Crippen molar-refractivity contribution in [3.8, 4) is 5.75 Å². The summed E-state index contributed by atoms with van der Waals surface area (Å²) in [7, 11) is 3.01. The highest BCUT2D eigenvalue weighted by atomic mass is 19.1. The Morgan fingerprint density at radius 2 is 2.12 bits per heavy atom. The van der Waals surface area contributed by atoms with Crippen molar-refractivity contribution >= 4 is 5.97 Å². The van der Waals surface area contributed by atoms with Gasteiger partial charge in [-0.15, -0.1) is 0 Å². The molecule has 0 aliphatic carbocycles. The molecule has 2 rings (SSSR count). The molecule has 1 aromatic carbocycles. The Balaban J connectivity index is 2.44. The topological polar surface area (TPSA) is 67.8 Å². The first-order chi connectivity index (χ1) is 11.9. The molecular weight excluding hydrogens is 325 g/mol. The number of carbonyl (C=O) groups is 1. The van der Waals surface area contributed by atoms with Gasteiger partial charge in [0.2, 0.25) is 0 Å². The molecule has 0 radical (unpaired) electrons. The molecule has 140 valence electrons. The lowest BCUT2D eigenvalue weighted by molar-refractivity contribution is -0.140. The van der Waals surface area contributed by atoms with Crippen molar-refractivity contribution in [2.24, 2.45) is 5.92 Å². The van der Waals surface area contributed by atoms with E-state index in [0.29, 0.717) is 25.0 Å². The second-order valence-electron chi connectivity index (χ2n) is 6.99. The van der Waals surface area contributed by atoms with E-state index >= 15 is 0 Å². The molecule has 3 atom stereocenters. The largest absolute Gasteiger partial charge is 0.493 e. The lowest BCUT2D eigenvalue weighted by Crippen LogP contribution is -2.43. The minimum atomic E-state index is -0.943. The molecule has 1 fully saturated rings. The van der Waals surface area contributed by atoms with Crippen molar-refractivity contribution in [1.82, 2.24) is 5.32 Å². The Kier molecular flexibility index (Phi) is 6.79. The molecule has 0 saturated carbocycles. The van der Waals surface area contributed by atoms with Crippen molar-refractivity contribution in [2.45, 2.75) is 44.6 Å². The van der Waals surface area contributed by atoms with Crippen LogP contribution < -0.4 is 10.1 Å². The van der Waals surface area contributed by atoms with Gasteiger partial charge in [0.1, 0.15) is 0 Å². The van der Waals surface area contributed by atoms with Gasteiger partial charge in [-0.25, -0.2) is 4.39 Å². The number of nitrogens with one attached hydrogen (secondary N) is 1. The summed E-state index contributed by atoms with van der Waals surface area (Å²) >= 11 is 0. The number of benzene rings is 1. The predicted molar refractivity (Wildman–Crippen MR) is 93.8 cm³/mol. The summed E-state index contributed by atoms with van der Waals surface area (Å²) in [5.41, 5.74) is 1.21. The molecule has 6 heteroatoms. The Morgan fingerprint density at radius 3 is 2.68 bits per heavy atom. The SMILES string of the molecule is COCC1CC(C(C(=O)O)c2cc(C(C)C)cc(F)c2OC)CCN1. The first-order valence-electron chi connectivity index (χ1n) is 8.71. The number of carboxylic acid groups (broad SMARTS) is 1. The first kappa shape index (κ1) is 19.7. The summed E-state index contributed by atoms with van der Waals surface area (Å²) in [4.78, 5) is 12.1. The second kappa shape index (κ2) is 8.63. The van der Waals surface area contributed by atoms with Crippen molar-refractivity contribution < 1.29 is 23.8 Å². The van der Waals surface area contributed by atoms with Gasteiger partial charge in [0.15, 0.2) is 11.6 Å². The number of rotatable bonds is 7. The third-order valence-corrected chi connectivity index (χ3v) is 4.94. The van der Waals surface area contributed by atoms with Crippen LogP contribution in [0.15, 0.2) is 12.1 Å². The summed E-state index contributed by atoms with van der Waals surface area (Å²) in [5.74, 6) is -2.21. The van der Waals surface area contributed by atoms with Gasteiger partial charge >= 0.3 is 5.97 Å². The van der Waals surface area contributed by atoms with Crippen LogP contribution in [0.2, 0.25) is 0 Å². The van der Waals surface area contributed by atoms with Crippen LogP contribution in [0.3, 0.4) is 0 Å². The van der Waals surface area contributed by atoms with Gasteiger partial charge in [-0.1, -0.05) is 19.9 Å². The maximum atomic E-state index is 14.5. The Morgan fingerprint density at radius 1 is 1.40 bits per heavy atom. The molecule has 1 heterocycles. The van der Waals surface area contributed by atoms with E-state index in [4.69, 9.17) is 9.47 Å². The van der Waals surface area contributed by atoms with Crippen LogP contribution >= 0.6 is 0 Å². The zero-order chi connectivity index (χ0) is 18.6.